The van der Waals surface area contributed by atoms with Crippen molar-refractivity contribution in [3.05, 3.63) is 94.8 Å². The normalized spacial score (nSPS) is 24.4. The minimum atomic E-state index is -1.09. The van der Waals surface area contributed by atoms with E-state index >= 15 is 0 Å². The minimum Gasteiger partial charge on any atom is -0.480 e. The average molecular weight is 472 g/mol. The molecule has 4 aliphatic carbocycles. The Labute approximate surface area is 202 Å². The van der Waals surface area contributed by atoms with Crippen LogP contribution in [0.1, 0.15) is 47.4 Å². The van der Waals surface area contributed by atoms with E-state index in [1.807, 2.05) is 42.5 Å². The summed E-state index contributed by atoms with van der Waals surface area (Å²) >= 11 is 0. The van der Waals surface area contributed by atoms with Crippen LogP contribution in [0.4, 0.5) is 9.18 Å². The zero-order valence-electron chi connectivity index (χ0n) is 19.4. The van der Waals surface area contributed by atoms with Gasteiger partial charge in [0.25, 0.3) is 0 Å². The highest BCUT2D eigenvalue weighted by Gasteiger charge is 2.73. The quantitative estimate of drug-likeness (QED) is 0.494. The molecule has 178 valence electrons. The van der Waals surface area contributed by atoms with Gasteiger partial charge in [-0.15, -0.1) is 0 Å². The van der Waals surface area contributed by atoms with Crippen LogP contribution in [0.15, 0.2) is 66.7 Å². The number of amides is 1. The van der Waals surface area contributed by atoms with E-state index in [1.54, 1.807) is 19.1 Å². The van der Waals surface area contributed by atoms with Gasteiger partial charge in [0.2, 0.25) is 0 Å². The van der Waals surface area contributed by atoms with Crippen LogP contribution < -0.4 is 5.32 Å². The largest absolute Gasteiger partial charge is 0.480 e. The smallest absolute Gasteiger partial charge is 0.407 e. The molecule has 3 aromatic rings. The molecule has 7 rings (SSSR count). The summed E-state index contributed by atoms with van der Waals surface area (Å²) in [6, 6.07) is 20.4. The maximum absolute atomic E-state index is 14.7. The summed E-state index contributed by atoms with van der Waals surface area (Å²) in [6.07, 6.45) is 0.892. The number of carboxylic acid groups (broad SMARTS) is 1. The zero-order chi connectivity index (χ0) is 24.4. The summed E-state index contributed by atoms with van der Waals surface area (Å²) in [7, 11) is 0. The molecule has 0 heterocycles. The Morgan fingerprint density at radius 3 is 2.20 bits per heavy atom. The van der Waals surface area contributed by atoms with Crippen molar-refractivity contribution in [2.75, 3.05) is 6.61 Å². The number of benzene rings is 3. The first-order valence-corrected chi connectivity index (χ1v) is 11.9. The van der Waals surface area contributed by atoms with Gasteiger partial charge in [-0.25, -0.2) is 14.0 Å². The molecule has 1 amide bonds. The monoisotopic (exact) mass is 471 g/mol. The second-order valence-electron chi connectivity index (χ2n) is 10.4. The van der Waals surface area contributed by atoms with E-state index in [2.05, 4.69) is 17.4 Å². The first-order valence-electron chi connectivity index (χ1n) is 11.9. The van der Waals surface area contributed by atoms with Crippen molar-refractivity contribution in [1.82, 2.24) is 5.32 Å². The predicted molar refractivity (Wildman–Crippen MR) is 129 cm³/mol. The van der Waals surface area contributed by atoms with Crippen molar-refractivity contribution >= 4 is 12.1 Å². The Morgan fingerprint density at radius 2 is 1.60 bits per heavy atom. The number of alkyl carbamates (subject to hydrolysis) is 1. The molecule has 0 aromatic heterocycles. The molecule has 2 bridgehead atoms. The number of carbonyl (C=O) groups is 2. The molecule has 0 spiro atoms. The molecule has 5 nitrogen and oxygen atoms in total. The van der Waals surface area contributed by atoms with Crippen LogP contribution in [0.25, 0.3) is 11.1 Å². The molecule has 2 N–H and O–H groups in total. The van der Waals surface area contributed by atoms with Crippen LogP contribution in [0.5, 0.6) is 0 Å². The van der Waals surface area contributed by atoms with E-state index in [9.17, 15) is 19.1 Å². The number of carboxylic acids is 1. The number of halogens is 1. The van der Waals surface area contributed by atoms with Crippen molar-refractivity contribution in [3.63, 3.8) is 0 Å². The highest BCUT2D eigenvalue weighted by atomic mass is 19.1. The number of aryl methyl sites for hydroxylation is 1. The van der Waals surface area contributed by atoms with Crippen LogP contribution in [-0.4, -0.2) is 29.8 Å². The van der Waals surface area contributed by atoms with Gasteiger partial charge in [0, 0.05) is 16.7 Å². The van der Waals surface area contributed by atoms with Gasteiger partial charge in [0.1, 0.15) is 18.5 Å². The molecule has 0 aliphatic heterocycles. The summed E-state index contributed by atoms with van der Waals surface area (Å²) in [5.74, 6) is -1.40. The maximum Gasteiger partial charge on any atom is 0.407 e. The third-order valence-electron chi connectivity index (χ3n) is 8.30. The third-order valence-corrected chi connectivity index (χ3v) is 8.30. The van der Waals surface area contributed by atoms with Crippen LogP contribution in [0.3, 0.4) is 0 Å². The van der Waals surface area contributed by atoms with E-state index in [1.165, 1.54) is 0 Å². The molecule has 3 aromatic carbocycles. The molecule has 3 fully saturated rings. The van der Waals surface area contributed by atoms with Crippen LogP contribution in [0.2, 0.25) is 0 Å². The van der Waals surface area contributed by atoms with Crippen molar-refractivity contribution < 1.29 is 23.8 Å². The lowest BCUT2D eigenvalue weighted by molar-refractivity contribution is -0.183. The fourth-order valence-corrected chi connectivity index (χ4v) is 6.75. The van der Waals surface area contributed by atoms with Crippen molar-refractivity contribution in [2.45, 2.75) is 43.6 Å². The highest BCUT2D eigenvalue weighted by Crippen LogP contribution is 2.75. The molecule has 4 aliphatic rings. The molecule has 6 heteroatoms. The molecular weight excluding hydrogens is 445 g/mol. The van der Waals surface area contributed by atoms with E-state index < -0.39 is 23.5 Å². The number of fused-ring (bicyclic) bond motifs is 3. The van der Waals surface area contributed by atoms with Gasteiger partial charge in [-0.1, -0.05) is 66.7 Å². The summed E-state index contributed by atoms with van der Waals surface area (Å²) in [5, 5.41) is 12.5. The van der Waals surface area contributed by atoms with E-state index in [4.69, 9.17) is 4.74 Å². The van der Waals surface area contributed by atoms with Crippen LogP contribution >= 0.6 is 0 Å². The van der Waals surface area contributed by atoms with E-state index in [-0.39, 0.29) is 23.8 Å². The fraction of sp³-hybridized carbons (Fsp3) is 0.310. The lowest BCUT2D eigenvalue weighted by Gasteiger charge is -2.72. The standard InChI is InChI=1S/C29H26FNO4/c1-17-7-6-12-23(24(17)30)28-14-29(15-28,16-28)25(26(32)33)31-27(34)35-13-22-20-10-4-2-8-18(20)19-9-3-5-11-21(19)22/h2-12,22,25H,13-16H2,1H3,(H,31,34)(H,32,33). The number of carbonyl (C=O) groups excluding carboxylic acids is 1. The summed E-state index contributed by atoms with van der Waals surface area (Å²) in [6.45, 7) is 1.86. The fourth-order valence-electron chi connectivity index (χ4n) is 6.75. The van der Waals surface area contributed by atoms with Gasteiger partial charge >= 0.3 is 12.1 Å². The molecule has 1 atom stereocenters. The zero-order valence-corrected chi connectivity index (χ0v) is 19.4. The minimum absolute atomic E-state index is 0.0982. The van der Waals surface area contributed by atoms with Crippen molar-refractivity contribution in [3.8, 4) is 11.1 Å². The molecule has 0 radical (unpaired) electrons. The summed E-state index contributed by atoms with van der Waals surface area (Å²) in [4.78, 5) is 24.8. The Hall–Kier alpha value is -3.67. The van der Waals surface area contributed by atoms with E-state index in [0.29, 0.717) is 30.4 Å². The molecule has 1 unspecified atom stereocenters. The predicted octanol–water partition coefficient (Wildman–Crippen LogP) is 5.55. The van der Waals surface area contributed by atoms with Gasteiger partial charge in [0.05, 0.1) is 0 Å². The van der Waals surface area contributed by atoms with Crippen LogP contribution in [0, 0.1) is 18.2 Å². The number of hydrogen-bond donors (Lipinski definition) is 2. The number of nitrogens with one attached hydrogen (secondary N) is 1. The van der Waals surface area contributed by atoms with Gasteiger partial charge in [0.15, 0.2) is 0 Å². The highest BCUT2D eigenvalue weighted by molar-refractivity contribution is 5.82. The Morgan fingerprint density at radius 1 is 1.00 bits per heavy atom. The summed E-state index contributed by atoms with van der Waals surface area (Å²) in [5.41, 5.74) is 4.81. The van der Waals surface area contributed by atoms with Crippen molar-refractivity contribution in [1.29, 1.82) is 0 Å². The Balaban J connectivity index is 1.14. The van der Waals surface area contributed by atoms with Gasteiger partial charge in [-0.05, 0) is 59.6 Å². The second-order valence-corrected chi connectivity index (χ2v) is 10.4. The van der Waals surface area contributed by atoms with Gasteiger partial charge in [-0.2, -0.15) is 0 Å². The average Bonchev–Trinajstić information content (AvgIpc) is 3.11. The van der Waals surface area contributed by atoms with Gasteiger partial charge in [-0.3, -0.25) is 0 Å². The number of ether oxygens (including phenoxy) is 1. The molecule has 3 saturated carbocycles. The number of rotatable bonds is 6. The Bertz CT molecular complexity index is 1300. The summed E-state index contributed by atoms with van der Waals surface area (Å²) < 4.78 is 20.3. The van der Waals surface area contributed by atoms with E-state index in [0.717, 1.165) is 22.3 Å². The molecular formula is C29H26FNO4. The Kier molecular flexibility index (Phi) is 4.78. The lowest BCUT2D eigenvalue weighted by Crippen LogP contribution is -2.73. The topological polar surface area (TPSA) is 75.6 Å². The first kappa shape index (κ1) is 21.8. The SMILES string of the molecule is Cc1cccc(C23CC(C(NC(=O)OCC4c5ccccc5-c5ccccc54)C(=O)O)(C2)C3)c1F. The number of aliphatic carboxylic acids is 1. The number of hydrogen-bond acceptors (Lipinski definition) is 3. The second kappa shape index (κ2) is 7.67. The molecule has 0 saturated heterocycles. The van der Waals surface area contributed by atoms with Gasteiger partial charge < -0.3 is 15.2 Å². The third kappa shape index (κ3) is 3.19. The maximum atomic E-state index is 14.7. The lowest BCUT2D eigenvalue weighted by atomic mass is 9.31. The van der Waals surface area contributed by atoms with Crippen molar-refractivity contribution in [2.24, 2.45) is 5.41 Å². The first-order chi connectivity index (χ1) is 16.8. The van der Waals surface area contributed by atoms with Crippen LogP contribution in [-0.2, 0) is 14.9 Å². The molecule has 35 heavy (non-hydrogen) atoms.